The lowest BCUT2D eigenvalue weighted by Crippen LogP contribution is -2.40. The number of nitrogens with zero attached hydrogens (tertiary/aromatic N) is 3. The minimum absolute atomic E-state index is 0.510. The Labute approximate surface area is 132 Å². The van der Waals surface area contributed by atoms with Crippen LogP contribution in [0.5, 0.6) is 0 Å². The highest BCUT2D eigenvalue weighted by Crippen LogP contribution is 2.25. The summed E-state index contributed by atoms with van der Waals surface area (Å²) in [7, 11) is 9.36. The molecule has 6 nitrogen and oxygen atoms in total. The van der Waals surface area contributed by atoms with Gasteiger partial charge in [-0.15, -0.1) is 0 Å². The highest BCUT2D eigenvalue weighted by molar-refractivity contribution is 6.39. The summed E-state index contributed by atoms with van der Waals surface area (Å²) in [4.78, 5) is 29.5. The predicted molar refractivity (Wildman–Crippen MR) is 90.3 cm³/mol. The van der Waals surface area contributed by atoms with Crippen molar-refractivity contribution in [2.24, 2.45) is 0 Å². The SMILES string of the molecule is Cc1c(NC(=O)C(=O)N(C)CCN(C)C)cccc1N(C)C. The molecule has 0 aliphatic rings. The van der Waals surface area contributed by atoms with Gasteiger partial charge in [-0.3, -0.25) is 9.59 Å². The number of amides is 2. The Morgan fingerprint density at radius 3 is 2.23 bits per heavy atom. The van der Waals surface area contributed by atoms with E-state index >= 15 is 0 Å². The van der Waals surface area contributed by atoms with Gasteiger partial charge in [-0.1, -0.05) is 6.07 Å². The fraction of sp³-hybridized carbons (Fsp3) is 0.500. The zero-order valence-electron chi connectivity index (χ0n) is 14.3. The van der Waals surface area contributed by atoms with Crippen molar-refractivity contribution in [3.05, 3.63) is 23.8 Å². The molecule has 1 aromatic rings. The van der Waals surface area contributed by atoms with Gasteiger partial charge in [-0.2, -0.15) is 0 Å². The number of carbonyl (C=O) groups is 2. The largest absolute Gasteiger partial charge is 0.377 e. The van der Waals surface area contributed by atoms with Gasteiger partial charge in [0.25, 0.3) is 0 Å². The van der Waals surface area contributed by atoms with Crippen molar-refractivity contribution in [2.75, 3.05) is 58.5 Å². The second kappa shape index (κ2) is 7.79. The van der Waals surface area contributed by atoms with E-state index in [4.69, 9.17) is 0 Å². The summed E-state index contributed by atoms with van der Waals surface area (Å²) in [6.07, 6.45) is 0. The topological polar surface area (TPSA) is 55.9 Å². The Morgan fingerprint density at radius 2 is 1.68 bits per heavy atom. The third kappa shape index (κ3) is 4.73. The zero-order valence-corrected chi connectivity index (χ0v) is 14.3. The Hall–Kier alpha value is -2.08. The van der Waals surface area contributed by atoms with E-state index in [1.165, 1.54) is 4.90 Å². The molecule has 1 rings (SSSR count). The molecule has 0 fully saturated rings. The molecule has 22 heavy (non-hydrogen) atoms. The van der Waals surface area contributed by atoms with Crippen molar-refractivity contribution >= 4 is 23.2 Å². The van der Waals surface area contributed by atoms with Crippen molar-refractivity contribution in [1.29, 1.82) is 0 Å². The fourth-order valence-electron chi connectivity index (χ4n) is 2.04. The van der Waals surface area contributed by atoms with Gasteiger partial charge in [0.1, 0.15) is 0 Å². The summed E-state index contributed by atoms with van der Waals surface area (Å²) in [6.45, 7) is 3.14. The van der Waals surface area contributed by atoms with Crippen LogP contribution in [0.15, 0.2) is 18.2 Å². The highest BCUT2D eigenvalue weighted by Gasteiger charge is 2.19. The third-order valence-corrected chi connectivity index (χ3v) is 3.46. The molecule has 0 bridgehead atoms. The molecule has 0 aromatic heterocycles. The fourth-order valence-corrected chi connectivity index (χ4v) is 2.04. The molecule has 6 heteroatoms. The summed E-state index contributed by atoms with van der Waals surface area (Å²) in [6, 6.07) is 5.63. The second-order valence-electron chi connectivity index (χ2n) is 5.83. The van der Waals surface area contributed by atoms with Crippen LogP contribution in [0.4, 0.5) is 11.4 Å². The van der Waals surface area contributed by atoms with Crippen molar-refractivity contribution in [1.82, 2.24) is 9.80 Å². The Kier molecular flexibility index (Phi) is 6.37. The van der Waals surface area contributed by atoms with Crippen molar-refractivity contribution in [2.45, 2.75) is 6.92 Å². The molecule has 0 saturated heterocycles. The number of carbonyl (C=O) groups excluding carboxylic acids is 2. The molecule has 1 aromatic carbocycles. The van der Waals surface area contributed by atoms with Gasteiger partial charge in [-0.05, 0) is 38.7 Å². The summed E-state index contributed by atoms with van der Waals surface area (Å²) in [5.41, 5.74) is 2.60. The van der Waals surface area contributed by atoms with E-state index in [-0.39, 0.29) is 0 Å². The van der Waals surface area contributed by atoms with Crippen molar-refractivity contribution in [3.63, 3.8) is 0 Å². The van der Waals surface area contributed by atoms with Crippen LogP contribution < -0.4 is 10.2 Å². The molecular weight excluding hydrogens is 280 g/mol. The molecule has 0 unspecified atom stereocenters. The summed E-state index contributed by atoms with van der Waals surface area (Å²) < 4.78 is 0. The van der Waals surface area contributed by atoms with Crippen LogP contribution in [-0.4, -0.2) is 69.9 Å². The number of benzene rings is 1. The monoisotopic (exact) mass is 306 g/mol. The molecule has 0 spiro atoms. The van der Waals surface area contributed by atoms with Crippen LogP contribution in [0.2, 0.25) is 0 Å². The van der Waals surface area contributed by atoms with Crippen LogP contribution in [0, 0.1) is 6.92 Å². The average Bonchev–Trinajstić information content (AvgIpc) is 2.45. The maximum Gasteiger partial charge on any atom is 0.313 e. The number of nitrogens with one attached hydrogen (secondary N) is 1. The van der Waals surface area contributed by atoms with Crippen LogP contribution in [0.1, 0.15) is 5.56 Å². The van der Waals surface area contributed by atoms with Crippen LogP contribution in [-0.2, 0) is 9.59 Å². The molecule has 122 valence electrons. The number of hydrogen-bond donors (Lipinski definition) is 1. The molecule has 0 radical (unpaired) electrons. The molecule has 2 amide bonds. The smallest absolute Gasteiger partial charge is 0.313 e. The van der Waals surface area contributed by atoms with E-state index in [0.29, 0.717) is 18.8 Å². The van der Waals surface area contributed by atoms with Gasteiger partial charge in [0, 0.05) is 45.6 Å². The minimum atomic E-state index is -0.611. The van der Waals surface area contributed by atoms with Crippen LogP contribution in [0.3, 0.4) is 0 Å². The molecule has 0 aliphatic heterocycles. The maximum atomic E-state index is 12.1. The molecule has 0 saturated carbocycles. The Bertz CT molecular complexity index is 541. The van der Waals surface area contributed by atoms with Crippen molar-refractivity contribution < 1.29 is 9.59 Å². The molecular formula is C16H26N4O2. The van der Waals surface area contributed by atoms with Gasteiger partial charge in [0.2, 0.25) is 0 Å². The van der Waals surface area contributed by atoms with Crippen LogP contribution in [0.25, 0.3) is 0 Å². The van der Waals surface area contributed by atoms with E-state index in [2.05, 4.69) is 5.32 Å². The van der Waals surface area contributed by atoms with Gasteiger partial charge in [0.15, 0.2) is 0 Å². The van der Waals surface area contributed by atoms with Gasteiger partial charge < -0.3 is 20.0 Å². The number of anilines is 2. The summed E-state index contributed by atoms with van der Waals surface area (Å²) in [5, 5.41) is 2.70. The quantitative estimate of drug-likeness (QED) is 0.825. The first-order valence-electron chi connectivity index (χ1n) is 7.22. The van der Waals surface area contributed by atoms with E-state index in [1.54, 1.807) is 13.1 Å². The first kappa shape index (κ1) is 18.0. The van der Waals surface area contributed by atoms with Crippen LogP contribution >= 0.6 is 0 Å². The van der Waals surface area contributed by atoms with Gasteiger partial charge in [-0.25, -0.2) is 0 Å². The van der Waals surface area contributed by atoms with E-state index in [0.717, 1.165) is 11.3 Å². The molecule has 1 N–H and O–H groups in total. The first-order valence-corrected chi connectivity index (χ1v) is 7.22. The summed E-state index contributed by atoms with van der Waals surface area (Å²) in [5.74, 6) is -1.14. The lowest BCUT2D eigenvalue weighted by atomic mass is 10.1. The third-order valence-electron chi connectivity index (χ3n) is 3.46. The normalized spacial score (nSPS) is 10.5. The molecule has 0 heterocycles. The standard InChI is InChI=1S/C16H26N4O2/c1-12-13(8-7-9-14(12)19(4)5)17-15(21)16(22)20(6)11-10-18(2)3/h7-9H,10-11H2,1-6H3,(H,17,21). The average molecular weight is 306 g/mol. The lowest BCUT2D eigenvalue weighted by Gasteiger charge is -2.21. The van der Waals surface area contributed by atoms with Gasteiger partial charge in [0.05, 0.1) is 0 Å². The predicted octanol–water partition coefficient (Wildman–Crippen LogP) is 1.02. The van der Waals surface area contributed by atoms with E-state index in [1.807, 2.05) is 57.0 Å². The molecule has 0 aliphatic carbocycles. The summed E-state index contributed by atoms with van der Waals surface area (Å²) >= 11 is 0. The maximum absolute atomic E-state index is 12.1. The van der Waals surface area contributed by atoms with Gasteiger partial charge >= 0.3 is 11.8 Å². The lowest BCUT2D eigenvalue weighted by molar-refractivity contribution is -0.142. The van der Waals surface area contributed by atoms with E-state index < -0.39 is 11.8 Å². The highest BCUT2D eigenvalue weighted by atomic mass is 16.2. The first-order chi connectivity index (χ1) is 10.2. The van der Waals surface area contributed by atoms with E-state index in [9.17, 15) is 9.59 Å². The number of likely N-dealkylation sites (N-methyl/N-ethyl adjacent to an activating group) is 2. The number of hydrogen-bond acceptors (Lipinski definition) is 4. The second-order valence-corrected chi connectivity index (χ2v) is 5.83. The van der Waals surface area contributed by atoms with Crippen molar-refractivity contribution in [3.8, 4) is 0 Å². The Balaban J connectivity index is 2.76. The minimum Gasteiger partial charge on any atom is -0.377 e. The zero-order chi connectivity index (χ0) is 16.9. The molecule has 0 atom stereocenters. The Morgan fingerprint density at radius 1 is 1.05 bits per heavy atom. The number of rotatable bonds is 5.